The summed E-state index contributed by atoms with van der Waals surface area (Å²) in [6.45, 7) is 4.16. The van der Waals surface area contributed by atoms with E-state index in [0.29, 0.717) is 0 Å². The fourth-order valence-corrected chi connectivity index (χ4v) is 1.12. The Morgan fingerprint density at radius 1 is 1.46 bits per heavy atom. The SMILES string of the molecule is CCc1nccn1C(N)CC.Cl.Cl. The van der Waals surface area contributed by atoms with Gasteiger partial charge in [0.15, 0.2) is 0 Å². The van der Waals surface area contributed by atoms with Crippen LogP contribution < -0.4 is 5.73 Å². The van der Waals surface area contributed by atoms with E-state index in [1.165, 1.54) is 0 Å². The van der Waals surface area contributed by atoms with Crippen molar-refractivity contribution in [2.45, 2.75) is 32.9 Å². The van der Waals surface area contributed by atoms with Gasteiger partial charge in [-0.15, -0.1) is 24.8 Å². The molecule has 0 bridgehead atoms. The standard InChI is InChI=1S/C8H15N3.2ClH/c1-3-7(9)11-6-5-10-8(11)4-2;;/h5-7H,3-4,9H2,1-2H3;2*1H. The van der Waals surface area contributed by atoms with Gasteiger partial charge in [0.05, 0.1) is 6.17 Å². The molecule has 0 aliphatic heterocycles. The third-order valence-electron chi connectivity index (χ3n) is 1.84. The zero-order valence-electron chi connectivity index (χ0n) is 7.93. The van der Waals surface area contributed by atoms with Crippen molar-refractivity contribution >= 4 is 24.8 Å². The minimum Gasteiger partial charge on any atom is -0.319 e. The summed E-state index contributed by atoms with van der Waals surface area (Å²) >= 11 is 0. The zero-order valence-corrected chi connectivity index (χ0v) is 9.57. The molecule has 0 saturated heterocycles. The molecule has 0 fully saturated rings. The molecule has 0 spiro atoms. The first-order chi connectivity index (χ1) is 5.29. The molecule has 0 radical (unpaired) electrons. The monoisotopic (exact) mass is 225 g/mol. The molecule has 0 amide bonds. The van der Waals surface area contributed by atoms with E-state index < -0.39 is 0 Å². The highest BCUT2D eigenvalue weighted by molar-refractivity contribution is 5.85. The number of aromatic nitrogens is 2. The van der Waals surface area contributed by atoms with Gasteiger partial charge in [-0.3, -0.25) is 0 Å². The fourth-order valence-electron chi connectivity index (χ4n) is 1.12. The third-order valence-corrected chi connectivity index (χ3v) is 1.84. The Labute approximate surface area is 91.5 Å². The average Bonchev–Trinajstić information content (AvgIpc) is 2.50. The van der Waals surface area contributed by atoms with Crippen LogP contribution >= 0.6 is 24.8 Å². The average molecular weight is 226 g/mol. The van der Waals surface area contributed by atoms with Gasteiger partial charge in [0.1, 0.15) is 5.82 Å². The van der Waals surface area contributed by atoms with Gasteiger partial charge in [0, 0.05) is 18.8 Å². The highest BCUT2D eigenvalue weighted by Gasteiger charge is 2.05. The molecule has 1 atom stereocenters. The molecule has 2 N–H and O–H groups in total. The normalized spacial score (nSPS) is 11.3. The van der Waals surface area contributed by atoms with Gasteiger partial charge in [0.2, 0.25) is 0 Å². The van der Waals surface area contributed by atoms with Crippen LogP contribution in [0.25, 0.3) is 0 Å². The van der Waals surface area contributed by atoms with Gasteiger partial charge in [-0.25, -0.2) is 4.98 Å². The molecular weight excluding hydrogens is 209 g/mol. The molecule has 1 aromatic heterocycles. The van der Waals surface area contributed by atoms with Crippen molar-refractivity contribution in [2.75, 3.05) is 0 Å². The number of halogens is 2. The number of hydrogen-bond donors (Lipinski definition) is 1. The van der Waals surface area contributed by atoms with Crippen LogP contribution in [0.5, 0.6) is 0 Å². The van der Waals surface area contributed by atoms with Gasteiger partial charge in [0.25, 0.3) is 0 Å². The van der Waals surface area contributed by atoms with E-state index >= 15 is 0 Å². The van der Waals surface area contributed by atoms with Crippen molar-refractivity contribution in [3.63, 3.8) is 0 Å². The molecular formula is C8H17Cl2N3. The predicted molar refractivity (Wildman–Crippen MR) is 59.6 cm³/mol. The topological polar surface area (TPSA) is 43.8 Å². The molecule has 5 heteroatoms. The van der Waals surface area contributed by atoms with E-state index in [9.17, 15) is 0 Å². The minimum absolute atomic E-state index is 0. The largest absolute Gasteiger partial charge is 0.319 e. The Hall–Kier alpha value is -0.250. The lowest BCUT2D eigenvalue weighted by atomic mass is 10.3. The van der Waals surface area contributed by atoms with Crippen LogP contribution in [0.15, 0.2) is 12.4 Å². The van der Waals surface area contributed by atoms with Crippen LogP contribution in [0.3, 0.4) is 0 Å². The summed E-state index contributed by atoms with van der Waals surface area (Å²) in [5.74, 6) is 1.07. The molecule has 1 rings (SSSR count). The van der Waals surface area contributed by atoms with Gasteiger partial charge >= 0.3 is 0 Å². The maximum Gasteiger partial charge on any atom is 0.109 e. The van der Waals surface area contributed by atoms with Crippen LogP contribution in [-0.2, 0) is 6.42 Å². The molecule has 0 aromatic carbocycles. The lowest BCUT2D eigenvalue weighted by Gasteiger charge is -2.12. The number of nitrogens with two attached hydrogens (primary N) is 1. The van der Waals surface area contributed by atoms with Gasteiger partial charge in [-0.05, 0) is 6.42 Å². The summed E-state index contributed by atoms with van der Waals surface area (Å²) in [7, 11) is 0. The Morgan fingerprint density at radius 2 is 2.08 bits per heavy atom. The van der Waals surface area contributed by atoms with Gasteiger partial charge < -0.3 is 10.3 Å². The molecule has 0 aliphatic carbocycles. The Morgan fingerprint density at radius 3 is 2.54 bits per heavy atom. The minimum atomic E-state index is 0. The maximum absolute atomic E-state index is 5.84. The molecule has 0 aliphatic rings. The van der Waals surface area contributed by atoms with E-state index in [0.717, 1.165) is 18.7 Å². The highest BCUT2D eigenvalue weighted by atomic mass is 35.5. The van der Waals surface area contributed by atoms with Crippen molar-refractivity contribution in [2.24, 2.45) is 5.73 Å². The van der Waals surface area contributed by atoms with Crippen LogP contribution in [0.2, 0.25) is 0 Å². The first-order valence-corrected chi connectivity index (χ1v) is 4.06. The number of hydrogen-bond acceptors (Lipinski definition) is 2. The third kappa shape index (κ3) is 3.55. The zero-order chi connectivity index (χ0) is 8.27. The van der Waals surface area contributed by atoms with E-state index in [1.807, 2.05) is 10.8 Å². The molecule has 1 heterocycles. The highest BCUT2D eigenvalue weighted by Crippen LogP contribution is 2.07. The van der Waals surface area contributed by atoms with E-state index in [2.05, 4.69) is 18.8 Å². The predicted octanol–water partition coefficient (Wildman–Crippen LogP) is 2.16. The van der Waals surface area contributed by atoms with Crippen LogP contribution in [0.4, 0.5) is 0 Å². The Bertz CT molecular complexity index is 225. The smallest absolute Gasteiger partial charge is 0.109 e. The maximum atomic E-state index is 5.84. The molecule has 13 heavy (non-hydrogen) atoms. The second kappa shape index (κ2) is 7.18. The Balaban J connectivity index is 0. The molecule has 1 unspecified atom stereocenters. The second-order valence-electron chi connectivity index (χ2n) is 2.58. The van der Waals surface area contributed by atoms with E-state index in [1.54, 1.807) is 6.20 Å². The summed E-state index contributed by atoms with van der Waals surface area (Å²) in [4.78, 5) is 4.19. The van der Waals surface area contributed by atoms with Crippen molar-refractivity contribution in [1.82, 2.24) is 9.55 Å². The lowest BCUT2D eigenvalue weighted by molar-refractivity contribution is 0.487. The van der Waals surface area contributed by atoms with Crippen LogP contribution in [-0.4, -0.2) is 9.55 Å². The summed E-state index contributed by atoms with van der Waals surface area (Å²) < 4.78 is 2.03. The second-order valence-corrected chi connectivity index (χ2v) is 2.58. The van der Waals surface area contributed by atoms with Crippen LogP contribution in [0, 0.1) is 0 Å². The first kappa shape index (κ1) is 15.2. The first-order valence-electron chi connectivity index (χ1n) is 4.06. The summed E-state index contributed by atoms with van der Waals surface area (Å²) in [5.41, 5.74) is 5.84. The number of imidazole rings is 1. The van der Waals surface area contributed by atoms with Gasteiger partial charge in [-0.1, -0.05) is 13.8 Å². The quantitative estimate of drug-likeness (QED) is 0.858. The van der Waals surface area contributed by atoms with E-state index in [4.69, 9.17) is 5.73 Å². The summed E-state index contributed by atoms with van der Waals surface area (Å²) in [5, 5.41) is 0. The van der Waals surface area contributed by atoms with Gasteiger partial charge in [-0.2, -0.15) is 0 Å². The molecule has 1 aromatic rings. The van der Waals surface area contributed by atoms with Crippen molar-refractivity contribution in [3.8, 4) is 0 Å². The molecule has 0 saturated carbocycles. The summed E-state index contributed by atoms with van der Waals surface area (Å²) in [6.07, 6.45) is 5.72. The lowest BCUT2D eigenvalue weighted by Crippen LogP contribution is -2.18. The number of nitrogens with zero attached hydrogens (tertiary/aromatic N) is 2. The van der Waals surface area contributed by atoms with Crippen LogP contribution in [0.1, 0.15) is 32.3 Å². The van der Waals surface area contributed by atoms with E-state index in [-0.39, 0.29) is 31.0 Å². The van der Waals surface area contributed by atoms with Crippen molar-refractivity contribution < 1.29 is 0 Å². The fraction of sp³-hybridized carbons (Fsp3) is 0.625. The number of aryl methyl sites for hydroxylation is 1. The summed E-state index contributed by atoms with van der Waals surface area (Å²) in [6, 6.07) is 0. The molecule has 78 valence electrons. The Kier molecular flexibility index (Phi) is 8.42. The van der Waals surface area contributed by atoms with Crippen molar-refractivity contribution in [3.05, 3.63) is 18.2 Å². The number of rotatable bonds is 3. The van der Waals surface area contributed by atoms with Crippen molar-refractivity contribution in [1.29, 1.82) is 0 Å². The molecule has 3 nitrogen and oxygen atoms in total.